The van der Waals surface area contributed by atoms with Crippen LogP contribution in [0.1, 0.15) is 34.5 Å². The van der Waals surface area contributed by atoms with Crippen molar-refractivity contribution >= 4 is 12.0 Å². The number of aliphatic hydroxyl groups is 1. The van der Waals surface area contributed by atoms with Gasteiger partial charge >= 0.3 is 0 Å². The maximum absolute atomic E-state index is 11.7. The third-order valence-corrected chi connectivity index (χ3v) is 3.93. The highest BCUT2D eigenvalue weighted by Crippen LogP contribution is 2.16. The van der Waals surface area contributed by atoms with E-state index in [-0.39, 0.29) is 12.5 Å². The molecule has 0 bridgehead atoms. The van der Waals surface area contributed by atoms with Crippen molar-refractivity contribution < 1.29 is 9.90 Å². The quantitative estimate of drug-likeness (QED) is 0.606. The first-order valence-corrected chi connectivity index (χ1v) is 8.17. The van der Waals surface area contributed by atoms with Crippen molar-refractivity contribution in [1.29, 1.82) is 0 Å². The van der Waals surface area contributed by atoms with E-state index in [1.807, 2.05) is 18.5 Å². The predicted molar refractivity (Wildman–Crippen MR) is 95.7 cm³/mol. The minimum absolute atomic E-state index is 0.0774. The zero-order chi connectivity index (χ0) is 17.5. The number of carbonyl (C=O) groups is 1. The Bertz CT molecular complexity index is 715. The van der Waals surface area contributed by atoms with E-state index in [1.54, 1.807) is 6.08 Å². The van der Waals surface area contributed by atoms with Gasteiger partial charge in [0.1, 0.15) is 0 Å². The molecular weight excluding hydrogens is 302 g/mol. The molecule has 128 valence electrons. The van der Waals surface area contributed by atoms with Gasteiger partial charge in [-0.25, -0.2) is 0 Å². The molecule has 2 aromatic rings. The van der Waals surface area contributed by atoms with E-state index in [9.17, 15) is 4.79 Å². The number of benzene rings is 1. The van der Waals surface area contributed by atoms with Crippen molar-refractivity contribution in [3.05, 3.63) is 58.4 Å². The number of hydrogen-bond acceptors (Lipinski definition) is 3. The minimum Gasteiger partial charge on any atom is -0.396 e. The average Bonchev–Trinajstić information content (AvgIpc) is 2.82. The molecule has 24 heavy (non-hydrogen) atoms. The summed E-state index contributed by atoms with van der Waals surface area (Å²) >= 11 is 0. The Morgan fingerprint density at radius 1 is 1.25 bits per heavy atom. The summed E-state index contributed by atoms with van der Waals surface area (Å²) in [5.41, 5.74) is 5.34. The second-order valence-corrected chi connectivity index (χ2v) is 5.93. The summed E-state index contributed by atoms with van der Waals surface area (Å²) in [6.45, 7) is 7.29. The molecule has 0 aliphatic heterocycles. The zero-order valence-electron chi connectivity index (χ0n) is 14.5. The van der Waals surface area contributed by atoms with E-state index in [1.165, 1.54) is 17.2 Å². The van der Waals surface area contributed by atoms with Crippen LogP contribution in [0.4, 0.5) is 0 Å². The van der Waals surface area contributed by atoms with Gasteiger partial charge in [0, 0.05) is 30.5 Å². The largest absolute Gasteiger partial charge is 0.396 e. The number of hydrogen-bond donors (Lipinski definition) is 2. The molecule has 2 rings (SSSR count). The Labute approximate surface area is 143 Å². The van der Waals surface area contributed by atoms with Crippen molar-refractivity contribution in [3.63, 3.8) is 0 Å². The maximum atomic E-state index is 11.7. The molecule has 1 aromatic carbocycles. The summed E-state index contributed by atoms with van der Waals surface area (Å²) < 4.78 is 1.96. The van der Waals surface area contributed by atoms with Gasteiger partial charge in [-0.05, 0) is 38.8 Å². The van der Waals surface area contributed by atoms with Crippen LogP contribution < -0.4 is 5.32 Å². The lowest BCUT2D eigenvalue weighted by Crippen LogP contribution is -2.22. The molecule has 2 N–H and O–H groups in total. The molecule has 0 atom stereocenters. The van der Waals surface area contributed by atoms with E-state index >= 15 is 0 Å². The number of nitrogens with one attached hydrogen (secondary N) is 1. The number of aromatic nitrogens is 2. The van der Waals surface area contributed by atoms with Gasteiger partial charge in [0.2, 0.25) is 5.91 Å². The SMILES string of the molecule is Cc1ccc(Cn2nc(C)c(/C=C/C(=O)NCCCO)c2C)cc1. The Balaban J connectivity index is 2.08. The van der Waals surface area contributed by atoms with Gasteiger partial charge in [-0.1, -0.05) is 29.8 Å². The van der Waals surface area contributed by atoms with Gasteiger partial charge in [0.05, 0.1) is 12.2 Å². The van der Waals surface area contributed by atoms with Crippen molar-refractivity contribution in [3.8, 4) is 0 Å². The van der Waals surface area contributed by atoms with Crippen LogP contribution in [0, 0.1) is 20.8 Å². The zero-order valence-corrected chi connectivity index (χ0v) is 14.5. The summed E-state index contributed by atoms with van der Waals surface area (Å²) in [5.74, 6) is -0.159. The van der Waals surface area contributed by atoms with Gasteiger partial charge in [-0.15, -0.1) is 0 Å². The predicted octanol–water partition coefficient (Wildman–Crippen LogP) is 2.37. The number of amides is 1. The van der Waals surface area contributed by atoms with Crippen LogP contribution in [-0.2, 0) is 11.3 Å². The first kappa shape index (κ1) is 17.9. The molecule has 0 aliphatic carbocycles. The minimum atomic E-state index is -0.159. The van der Waals surface area contributed by atoms with Crippen LogP contribution in [0.3, 0.4) is 0 Å². The Hall–Kier alpha value is -2.40. The fourth-order valence-corrected chi connectivity index (χ4v) is 2.48. The van der Waals surface area contributed by atoms with Gasteiger partial charge in [-0.3, -0.25) is 9.48 Å². The normalized spacial score (nSPS) is 11.2. The van der Waals surface area contributed by atoms with Gasteiger partial charge < -0.3 is 10.4 Å². The molecular formula is C19H25N3O2. The Morgan fingerprint density at radius 2 is 1.96 bits per heavy atom. The van der Waals surface area contributed by atoms with Crippen molar-refractivity contribution in [1.82, 2.24) is 15.1 Å². The highest BCUT2D eigenvalue weighted by Gasteiger charge is 2.10. The topological polar surface area (TPSA) is 67.2 Å². The monoisotopic (exact) mass is 327 g/mol. The maximum Gasteiger partial charge on any atom is 0.244 e. The van der Waals surface area contributed by atoms with E-state index in [0.29, 0.717) is 19.5 Å². The summed E-state index contributed by atoms with van der Waals surface area (Å²) in [6, 6.07) is 8.41. The summed E-state index contributed by atoms with van der Waals surface area (Å²) in [5, 5.41) is 16.0. The van der Waals surface area contributed by atoms with Crippen LogP contribution >= 0.6 is 0 Å². The highest BCUT2D eigenvalue weighted by atomic mass is 16.3. The Morgan fingerprint density at radius 3 is 2.62 bits per heavy atom. The molecule has 5 nitrogen and oxygen atoms in total. The molecule has 0 saturated carbocycles. The van der Waals surface area contributed by atoms with E-state index in [0.717, 1.165) is 17.0 Å². The van der Waals surface area contributed by atoms with Gasteiger partial charge in [0.15, 0.2) is 0 Å². The van der Waals surface area contributed by atoms with E-state index in [2.05, 4.69) is 41.6 Å². The first-order chi connectivity index (χ1) is 11.5. The molecule has 0 aliphatic rings. The van der Waals surface area contributed by atoms with Gasteiger partial charge in [0.25, 0.3) is 0 Å². The molecule has 0 spiro atoms. The molecule has 1 amide bonds. The van der Waals surface area contributed by atoms with Gasteiger partial charge in [-0.2, -0.15) is 5.10 Å². The number of nitrogens with zero attached hydrogens (tertiary/aromatic N) is 2. The van der Waals surface area contributed by atoms with Crippen LogP contribution in [0.2, 0.25) is 0 Å². The fourth-order valence-electron chi connectivity index (χ4n) is 2.48. The molecule has 0 fully saturated rings. The highest BCUT2D eigenvalue weighted by molar-refractivity contribution is 5.91. The molecule has 1 heterocycles. The van der Waals surface area contributed by atoms with Crippen molar-refractivity contribution in [2.24, 2.45) is 0 Å². The lowest BCUT2D eigenvalue weighted by molar-refractivity contribution is -0.116. The first-order valence-electron chi connectivity index (χ1n) is 8.17. The number of aryl methyl sites for hydroxylation is 2. The third-order valence-electron chi connectivity index (χ3n) is 3.93. The smallest absolute Gasteiger partial charge is 0.244 e. The van der Waals surface area contributed by atoms with Crippen LogP contribution in [0.25, 0.3) is 6.08 Å². The molecule has 0 unspecified atom stereocenters. The fraction of sp³-hybridized carbons (Fsp3) is 0.368. The van der Waals surface area contributed by atoms with Crippen LogP contribution in [0.15, 0.2) is 30.3 Å². The summed E-state index contributed by atoms with van der Waals surface area (Å²) in [7, 11) is 0. The Kier molecular flexibility index (Phi) is 6.32. The number of rotatable bonds is 7. The van der Waals surface area contributed by atoms with Crippen molar-refractivity contribution in [2.45, 2.75) is 33.7 Å². The lowest BCUT2D eigenvalue weighted by atomic mass is 10.1. The average molecular weight is 327 g/mol. The molecule has 0 saturated heterocycles. The second-order valence-electron chi connectivity index (χ2n) is 5.93. The van der Waals surface area contributed by atoms with E-state index < -0.39 is 0 Å². The number of carbonyl (C=O) groups excluding carboxylic acids is 1. The standard InChI is InChI=1S/C19H25N3O2/c1-14-5-7-17(8-6-14)13-22-16(3)18(15(2)21-22)9-10-19(24)20-11-4-12-23/h5-10,23H,4,11-13H2,1-3H3,(H,20,24)/b10-9+. The second kappa shape index (κ2) is 8.45. The lowest BCUT2D eigenvalue weighted by Gasteiger charge is -2.05. The molecule has 1 aromatic heterocycles. The summed E-state index contributed by atoms with van der Waals surface area (Å²) in [4.78, 5) is 11.7. The van der Waals surface area contributed by atoms with Crippen LogP contribution in [-0.4, -0.2) is 33.9 Å². The molecule has 0 radical (unpaired) electrons. The van der Waals surface area contributed by atoms with Crippen LogP contribution in [0.5, 0.6) is 0 Å². The number of aliphatic hydroxyl groups excluding tert-OH is 1. The third kappa shape index (κ3) is 4.80. The van der Waals surface area contributed by atoms with E-state index in [4.69, 9.17) is 5.11 Å². The van der Waals surface area contributed by atoms with Crippen molar-refractivity contribution in [2.75, 3.05) is 13.2 Å². The molecule has 5 heteroatoms. The summed E-state index contributed by atoms with van der Waals surface area (Å²) in [6.07, 6.45) is 3.88.